The van der Waals surface area contributed by atoms with Gasteiger partial charge in [-0.05, 0) is 56.4 Å². The number of rotatable bonds is 6. The molecule has 1 unspecified atom stereocenters. The molecule has 1 atom stereocenters. The molecule has 2 N–H and O–H groups in total. The molecule has 0 fully saturated rings. The van der Waals surface area contributed by atoms with Crippen molar-refractivity contribution in [3.8, 4) is 0 Å². The van der Waals surface area contributed by atoms with E-state index >= 15 is 0 Å². The Bertz CT molecular complexity index is 926. The molecule has 0 spiro atoms. The molecule has 0 radical (unpaired) electrons. The molecule has 4 nitrogen and oxygen atoms in total. The van der Waals surface area contributed by atoms with Crippen LogP contribution in [0.2, 0.25) is 5.02 Å². The fourth-order valence-corrected chi connectivity index (χ4v) is 3.74. The van der Waals surface area contributed by atoms with E-state index in [9.17, 15) is 4.79 Å². The van der Waals surface area contributed by atoms with Gasteiger partial charge in [0, 0.05) is 11.6 Å². The van der Waals surface area contributed by atoms with Crippen LogP contribution in [0.1, 0.15) is 17.5 Å². The van der Waals surface area contributed by atoms with Crippen molar-refractivity contribution in [3.05, 3.63) is 76.9 Å². The molecule has 0 bridgehead atoms. The zero-order valence-electron chi connectivity index (χ0n) is 15.4. The lowest BCUT2D eigenvalue weighted by molar-refractivity contribution is -0.122. The van der Waals surface area contributed by atoms with E-state index in [0.717, 1.165) is 22.0 Å². The Balaban J connectivity index is 0.00000261. The number of halogens is 2. The van der Waals surface area contributed by atoms with Crippen LogP contribution in [0.15, 0.2) is 60.8 Å². The number of carbonyl (C=O) groups excluding carboxylic acids is 1. The van der Waals surface area contributed by atoms with E-state index in [0.29, 0.717) is 18.0 Å². The number of hydrogen-bond acceptors (Lipinski definition) is 3. The first kappa shape index (κ1) is 21.2. The average Bonchev–Trinajstić information content (AvgIpc) is 2.63. The van der Waals surface area contributed by atoms with E-state index in [1.165, 1.54) is 0 Å². The number of benzene rings is 2. The molecule has 0 saturated carbocycles. The summed E-state index contributed by atoms with van der Waals surface area (Å²) in [4.78, 5) is 19.4. The van der Waals surface area contributed by atoms with Crippen molar-refractivity contribution in [2.45, 2.75) is 11.8 Å². The Kier molecular flexibility index (Phi) is 6.82. The summed E-state index contributed by atoms with van der Waals surface area (Å²) in [6.07, 6.45) is 2.26. The largest absolute Gasteiger partial charge is 0.369 e. The highest BCUT2D eigenvalue weighted by molar-refractivity contribution is 6.35. The molecule has 6 heteroatoms. The first-order valence-electron chi connectivity index (χ1n) is 8.50. The smallest absolute Gasteiger partial charge is 0.232 e. The summed E-state index contributed by atoms with van der Waals surface area (Å²) in [5, 5.41) is 1.34. The van der Waals surface area contributed by atoms with Crippen molar-refractivity contribution in [3.63, 3.8) is 0 Å². The molecule has 0 aliphatic heterocycles. The van der Waals surface area contributed by atoms with Crippen LogP contribution in [0, 0.1) is 0 Å². The third kappa shape index (κ3) is 3.93. The third-order valence-electron chi connectivity index (χ3n) is 4.80. The van der Waals surface area contributed by atoms with Gasteiger partial charge in [-0.1, -0.05) is 48.0 Å². The normalized spacial score (nSPS) is 13.2. The van der Waals surface area contributed by atoms with Crippen LogP contribution in [0.3, 0.4) is 0 Å². The summed E-state index contributed by atoms with van der Waals surface area (Å²) in [5.41, 5.74) is 7.47. The van der Waals surface area contributed by atoms with E-state index < -0.39 is 11.3 Å². The number of nitrogens with zero attached hydrogens (tertiary/aromatic N) is 2. The van der Waals surface area contributed by atoms with Crippen molar-refractivity contribution in [2.75, 3.05) is 20.6 Å². The number of amides is 1. The minimum atomic E-state index is -0.988. The molecule has 1 amide bonds. The Labute approximate surface area is 170 Å². The van der Waals surface area contributed by atoms with Gasteiger partial charge in [0.05, 0.1) is 10.5 Å². The molecule has 0 aliphatic carbocycles. The molecule has 3 rings (SSSR count). The molecule has 1 aromatic heterocycles. The molecule has 2 aromatic carbocycles. The highest BCUT2D eigenvalue weighted by Crippen LogP contribution is 2.41. The standard InChI is InChI=1S/C21H22ClN3O.ClH/c1-25(2)14-12-21(20(23)26,15-7-4-3-5-8-15)16-11-13-24-18-10-6-9-17(22)19(16)18;/h3-11,13H,12,14H2,1-2H3,(H2,23,26);1H. The van der Waals surface area contributed by atoms with E-state index in [1.54, 1.807) is 6.20 Å². The van der Waals surface area contributed by atoms with Crippen LogP contribution >= 0.6 is 24.0 Å². The second kappa shape index (κ2) is 8.70. The highest BCUT2D eigenvalue weighted by Gasteiger charge is 2.41. The Hall–Kier alpha value is -2.14. The second-order valence-corrected chi connectivity index (χ2v) is 7.09. The zero-order chi connectivity index (χ0) is 18.7. The third-order valence-corrected chi connectivity index (χ3v) is 5.11. The average molecular weight is 404 g/mol. The number of carbonyl (C=O) groups is 1. The van der Waals surface area contributed by atoms with Crippen LogP contribution in [-0.4, -0.2) is 36.4 Å². The maximum atomic E-state index is 12.9. The van der Waals surface area contributed by atoms with Gasteiger partial charge >= 0.3 is 0 Å². The first-order valence-corrected chi connectivity index (χ1v) is 8.88. The quantitative estimate of drug-likeness (QED) is 0.675. The number of nitrogens with two attached hydrogens (primary N) is 1. The molecule has 3 aromatic rings. The topological polar surface area (TPSA) is 59.2 Å². The molecule has 142 valence electrons. The minimum Gasteiger partial charge on any atom is -0.369 e. The summed E-state index contributed by atoms with van der Waals surface area (Å²) < 4.78 is 0. The fraction of sp³-hybridized carbons (Fsp3) is 0.238. The van der Waals surface area contributed by atoms with Crippen LogP contribution in [0.25, 0.3) is 10.9 Å². The van der Waals surface area contributed by atoms with Crippen LogP contribution in [0.4, 0.5) is 0 Å². The predicted octanol–water partition coefficient (Wildman–Crippen LogP) is 4.03. The molecule has 0 aliphatic rings. The van der Waals surface area contributed by atoms with Gasteiger partial charge < -0.3 is 10.6 Å². The minimum absolute atomic E-state index is 0. The van der Waals surface area contributed by atoms with Gasteiger partial charge in [-0.3, -0.25) is 9.78 Å². The van der Waals surface area contributed by atoms with Crippen molar-refractivity contribution in [1.82, 2.24) is 9.88 Å². The first-order chi connectivity index (χ1) is 12.5. The Morgan fingerprint density at radius 3 is 2.44 bits per heavy atom. The fourth-order valence-electron chi connectivity index (χ4n) is 3.46. The van der Waals surface area contributed by atoms with Crippen LogP contribution in [-0.2, 0) is 10.2 Å². The van der Waals surface area contributed by atoms with Crippen molar-refractivity contribution < 1.29 is 4.79 Å². The number of primary amides is 1. The summed E-state index contributed by atoms with van der Waals surface area (Å²) in [6, 6.07) is 17.1. The van der Waals surface area contributed by atoms with Gasteiger partial charge in [0.1, 0.15) is 5.41 Å². The highest BCUT2D eigenvalue weighted by atomic mass is 35.5. The summed E-state index contributed by atoms with van der Waals surface area (Å²) in [5.74, 6) is -0.391. The molecular formula is C21H23Cl2N3O. The number of fused-ring (bicyclic) bond motifs is 1. The number of aromatic nitrogens is 1. The monoisotopic (exact) mass is 403 g/mol. The van der Waals surface area contributed by atoms with Gasteiger partial charge in [0.25, 0.3) is 0 Å². The Morgan fingerprint density at radius 2 is 1.81 bits per heavy atom. The van der Waals surface area contributed by atoms with Gasteiger partial charge in [-0.25, -0.2) is 0 Å². The Morgan fingerprint density at radius 1 is 1.11 bits per heavy atom. The molecule has 0 saturated heterocycles. The lowest BCUT2D eigenvalue weighted by Gasteiger charge is -2.34. The molecule has 1 heterocycles. The maximum Gasteiger partial charge on any atom is 0.232 e. The molecule has 27 heavy (non-hydrogen) atoms. The second-order valence-electron chi connectivity index (χ2n) is 6.68. The summed E-state index contributed by atoms with van der Waals surface area (Å²) in [6.45, 7) is 0.700. The summed E-state index contributed by atoms with van der Waals surface area (Å²) >= 11 is 6.52. The van der Waals surface area contributed by atoms with Crippen LogP contribution in [0.5, 0.6) is 0 Å². The van der Waals surface area contributed by atoms with E-state index in [4.69, 9.17) is 17.3 Å². The predicted molar refractivity (Wildman–Crippen MR) is 114 cm³/mol. The number of pyridine rings is 1. The van der Waals surface area contributed by atoms with E-state index in [-0.39, 0.29) is 12.4 Å². The van der Waals surface area contributed by atoms with Crippen molar-refractivity contribution in [2.24, 2.45) is 5.73 Å². The molecular weight excluding hydrogens is 381 g/mol. The van der Waals surface area contributed by atoms with E-state index in [1.807, 2.05) is 73.6 Å². The van der Waals surface area contributed by atoms with Crippen LogP contribution < -0.4 is 5.73 Å². The van der Waals surface area contributed by atoms with Gasteiger partial charge in [-0.15, -0.1) is 12.4 Å². The SMILES string of the molecule is CN(C)CCC(C(N)=O)(c1ccccc1)c1ccnc2cccc(Cl)c12.Cl. The number of hydrogen-bond donors (Lipinski definition) is 1. The van der Waals surface area contributed by atoms with Gasteiger partial charge in [0.2, 0.25) is 5.91 Å². The van der Waals surface area contributed by atoms with E-state index in [2.05, 4.69) is 4.98 Å². The van der Waals surface area contributed by atoms with Crippen molar-refractivity contribution in [1.29, 1.82) is 0 Å². The lowest BCUT2D eigenvalue weighted by atomic mass is 9.70. The van der Waals surface area contributed by atoms with Gasteiger partial charge in [-0.2, -0.15) is 0 Å². The summed E-state index contributed by atoms with van der Waals surface area (Å²) in [7, 11) is 3.96. The van der Waals surface area contributed by atoms with Gasteiger partial charge in [0.15, 0.2) is 0 Å². The van der Waals surface area contributed by atoms with Crippen molar-refractivity contribution >= 4 is 40.8 Å². The zero-order valence-corrected chi connectivity index (χ0v) is 16.9. The lowest BCUT2D eigenvalue weighted by Crippen LogP contribution is -2.44. The maximum absolute atomic E-state index is 12.9.